The van der Waals surface area contributed by atoms with Crippen molar-refractivity contribution in [1.29, 1.82) is 0 Å². The molecule has 0 aliphatic heterocycles. The molecule has 3 N–H and O–H groups in total. The zero-order chi connectivity index (χ0) is 19.8. The maximum Gasteiger partial charge on any atom is 0.330 e. The molecule has 0 fully saturated rings. The highest BCUT2D eigenvalue weighted by molar-refractivity contribution is 5.87. The molecule has 0 aliphatic rings. The van der Waals surface area contributed by atoms with Gasteiger partial charge in [0.2, 0.25) is 5.75 Å². The summed E-state index contributed by atoms with van der Waals surface area (Å²) in [6.07, 6.45) is 3.94. The molecular weight excluding hydrogens is 352 g/mol. The van der Waals surface area contributed by atoms with Crippen LogP contribution in [0.1, 0.15) is 17.5 Å². The van der Waals surface area contributed by atoms with Crippen LogP contribution in [0, 0.1) is 0 Å². The number of aromatic hydroxyl groups is 3. The number of hydrogen-bond acceptors (Lipinski definition) is 7. The van der Waals surface area contributed by atoms with Crippen LogP contribution in [-0.2, 0) is 16.0 Å². The minimum Gasteiger partial charge on any atom is -0.504 e. The molecule has 2 rings (SSSR count). The summed E-state index contributed by atoms with van der Waals surface area (Å²) in [6.45, 7) is 0.200. The highest BCUT2D eigenvalue weighted by Crippen LogP contribution is 2.36. The molecule has 0 atom stereocenters. The molecule has 27 heavy (non-hydrogen) atoms. The zero-order valence-corrected chi connectivity index (χ0v) is 15.1. The number of aryl methyl sites for hydroxylation is 1. The first-order valence-corrected chi connectivity index (χ1v) is 8.25. The number of ether oxygens (including phenoxy) is 3. The Morgan fingerprint density at radius 2 is 1.74 bits per heavy atom. The molecule has 2 aromatic rings. The van der Waals surface area contributed by atoms with Crippen LogP contribution in [0.25, 0.3) is 6.08 Å². The van der Waals surface area contributed by atoms with E-state index in [1.165, 1.54) is 32.4 Å². The molecule has 0 aromatic heterocycles. The normalized spacial score (nSPS) is 10.7. The first-order valence-electron chi connectivity index (χ1n) is 8.25. The summed E-state index contributed by atoms with van der Waals surface area (Å²) in [7, 11) is 2.84. The molecule has 0 spiro atoms. The van der Waals surface area contributed by atoms with Crippen molar-refractivity contribution < 1.29 is 34.3 Å². The van der Waals surface area contributed by atoms with Crippen molar-refractivity contribution in [2.45, 2.75) is 12.8 Å². The van der Waals surface area contributed by atoms with Crippen molar-refractivity contribution in [1.82, 2.24) is 0 Å². The summed E-state index contributed by atoms with van der Waals surface area (Å²) in [5.74, 6) is -0.521. The fourth-order valence-corrected chi connectivity index (χ4v) is 2.41. The van der Waals surface area contributed by atoms with Crippen molar-refractivity contribution in [3.63, 3.8) is 0 Å². The summed E-state index contributed by atoms with van der Waals surface area (Å²) in [6, 6.07) is 7.79. The quantitative estimate of drug-likeness (QED) is 0.282. The number of methoxy groups -OCH3 is 2. The molecular formula is C20H22O7. The van der Waals surface area contributed by atoms with Gasteiger partial charge >= 0.3 is 5.97 Å². The van der Waals surface area contributed by atoms with Gasteiger partial charge in [0.15, 0.2) is 23.0 Å². The topological polar surface area (TPSA) is 105 Å². The molecule has 0 bridgehead atoms. The lowest BCUT2D eigenvalue weighted by Crippen LogP contribution is -2.03. The van der Waals surface area contributed by atoms with Crippen LogP contribution in [0.5, 0.6) is 28.7 Å². The Labute approximate surface area is 157 Å². The summed E-state index contributed by atoms with van der Waals surface area (Å²) in [5, 5.41) is 28.8. The van der Waals surface area contributed by atoms with E-state index in [-0.39, 0.29) is 29.6 Å². The monoisotopic (exact) mass is 374 g/mol. The van der Waals surface area contributed by atoms with Crippen LogP contribution in [-0.4, -0.2) is 42.1 Å². The standard InChI is InChI=1S/C20H22O7/c1-25-17-11-13(5-7-15(17)21)6-8-19(23)27-9-3-4-14-10-16(22)20(24)18(12-14)26-2/h5-8,10-12,21-22,24H,3-4,9H2,1-2H3. The van der Waals surface area contributed by atoms with Gasteiger partial charge in [-0.3, -0.25) is 0 Å². The number of esters is 1. The second kappa shape index (κ2) is 9.38. The van der Waals surface area contributed by atoms with Gasteiger partial charge in [0.05, 0.1) is 20.8 Å². The van der Waals surface area contributed by atoms with E-state index in [9.17, 15) is 20.1 Å². The minimum absolute atomic E-state index is 0.0223. The molecule has 7 heteroatoms. The molecule has 0 radical (unpaired) electrons. The number of carbonyl (C=O) groups excluding carboxylic acids is 1. The SMILES string of the molecule is COc1cc(C=CC(=O)OCCCc2cc(O)c(O)c(OC)c2)ccc1O. The third kappa shape index (κ3) is 5.57. The van der Waals surface area contributed by atoms with E-state index < -0.39 is 5.97 Å². The van der Waals surface area contributed by atoms with Gasteiger partial charge in [0.25, 0.3) is 0 Å². The third-order valence-corrected chi connectivity index (χ3v) is 3.80. The summed E-state index contributed by atoms with van der Waals surface area (Å²) in [5.41, 5.74) is 1.44. The minimum atomic E-state index is -0.492. The van der Waals surface area contributed by atoms with E-state index in [0.29, 0.717) is 24.2 Å². The maximum absolute atomic E-state index is 11.8. The van der Waals surface area contributed by atoms with Crippen LogP contribution in [0.15, 0.2) is 36.4 Å². The van der Waals surface area contributed by atoms with Gasteiger partial charge in [0.1, 0.15) is 0 Å². The van der Waals surface area contributed by atoms with Crippen LogP contribution < -0.4 is 9.47 Å². The van der Waals surface area contributed by atoms with Gasteiger partial charge < -0.3 is 29.5 Å². The Morgan fingerprint density at radius 1 is 1.00 bits per heavy atom. The van der Waals surface area contributed by atoms with Crippen LogP contribution >= 0.6 is 0 Å². The van der Waals surface area contributed by atoms with Crippen molar-refractivity contribution in [3.8, 4) is 28.7 Å². The fraction of sp³-hybridized carbons (Fsp3) is 0.250. The second-order valence-corrected chi connectivity index (χ2v) is 5.70. The number of hydrogen-bond donors (Lipinski definition) is 3. The van der Waals surface area contributed by atoms with Crippen molar-refractivity contribution >= 4 is 12.0 Å². The van der Waals surface area contributed by atoms with Crippen LogP contribution in [0.3, 0.4) is 0 Å². The van der Waals surface area contributed by atoms with E-state index >= 15 is 0 Å². The fourth-order valence-electron chi connectivity index (χ4n) is 2.41. The van der Waals surface area contributed by atoms with Gasteiger partial charge in [0, 0.05) is 6.08 Å². The van der Waals surface area contributed by atoms with Gasteiger partial charge in [-0.15, -0.1) is 0 Å². The number of phenolic OH excluding ortho intramolecular Hbond substituents is 3. The molecule has 7 nitrogen and oxygen atoms in total. The first kappa shape index (κ1) is 20.0. The van der Waals surface area contributed by atoms with Crippen molar-refractivity contribution in [3.05, 3.63) is 47.5 Å². The van der Waals surface area contributed by atoms with Gasteiger partial charge in [-0.2, -0.15) is 0 Å². The predicted molar refractivity (Wildman–Crippen MR) is 99.3 cm³/mol. The van der Waals surface area contributed by atoms with E-state index in [1.807, 2.05) is 0 Å². The lowest BCUT2D eigenvalue weighted by Gasteiger charge is -2.09. The smallest absolute Gasteiger partial charge is 0.330 e. The molecule has 0 amide bonds. The molecule has 0 aliphatic carbocycles. The largest absolute Gasteiger partial charge is 0.504 e. The predicted octanol–water partition coefficient (Wildman–Crippen LogP) is 3.01. The average Bonchev–Trinajstić information content (AvgIpc) is 2.67. The first-order chi connectivity index (χ1) is 12.9. The summed E-state index contributed by atoms with van der Waals surface area (Å²) < 4.78 is 15.1. The molecule has 144 valence electrons. The number of rotatable bonds is 8. The number of benzene rings is 2. The number of carbonyl (C=O) groups is 1. The Kier molecular flexibility index (Phi) is 6.93. The molecule has 0 unspecified atom stereocenters. The van der Waals surface area contributed by atoms with E-state index in [1.54, 1.807) is 24.3 Å². The van der Waals surface area contributed by atoms with E-state index in [2.05, 4.69) is 0 Å². The van der Waals surface area contributed by atoms with Gasteiger partial charge in [-0.1, -0.05) is 6.07 Å². The lowest BCUT2D eigenvalue weighted by atomic mass is 10.1. The van der Waals surface area contributed by atoms with E-state index in [4.69, 9.17) is 14.2 Å². The molecule has 0 saturated carbocycles. The van der Waals surface area contributed by atoms with Crippen molar-refractivity contribution in [2.75, 3.05) is 20.8 Å². The second-order valence-electron chi connectivity index (χ2n) is 5.70. The van der Waals surface area contributed by atoms with Gasteiger partial charge in [-0.25, -0.2) is 4.79 Å². The lowest BCUT2D eigenvalue weighted by molar-refractivity contribution is -0.137. The van der Waals surface area contributed by atoms with E-state index in [0.717, 1.165) is 5.56 Å². The molecule has 0 heterocycles. The summed E-state index contributed by atoms with van der Waals surface area (Å²) in [4.78, 5) is 11.8. The number of phenols is 3. The Balaban J connectivity index is 1.82. The molecule has 2 aromatic carbocycles. The summed E-state index contributed by atoms with van der Waals surface area (Å²) >= 11 is 0. The highest BCUT2D eigenvalue weighted by atomic mass is 16.5. The Hall–Kier alpha value is -3.35. The van der Waals surface area contributed by atoms with Gasteiger partial charge in [-0.05, 0) is 54.3 Å². The van der Waals surface area contributed by atoms with Crippen LogP contribution in [0.2, 0.25) is 0 Å². The van der Waals surface area contributed by atoms with Crippen molar-refractivity contribution in [2.24, 2.45) is 0 Å². The Bertz CT molecular complexity index is 827. The zero-order valence-electron chi connectivity index (χ0n) is 15.1. The highest BCUT2D eigenvalue weighted by Gasteiger charge is 2.09. The van der Waals surface area contributed by atoms with Crippen LogP contribution in [0.4, 0.5) is 0 Å². The Morgan fingerprint density at radius 3 is 2.44 bits per heavy atom. The average molecular weight is 374 g/mol. The third-order valence-electron chi connectivity index (χ3n) is 3.80. The maximum atomic E-state index is 11.8. The molecule has 0 saturated heterocycles.